The monoisotopic (exact) mass is 799 g/mol. The van der Waals surface area contributed by atoms with Crippen LogP contribution in [0.3, 0.4) is 0 Å². The highest BCUT2D eigenvalue weighted by molar-refractivity contribution is 7.85. The van der Waals surface area contributed by atoms with Gasteiger partial charge >= 0.3 is 22.6 Å². The minimum absolute atomic E-state index is 0.102. The molecule has 1 saturated heterocycles. The lowest BCUT2D eigenvalue weighted by Crippen LogP contribution is -2.60. The molecule has 2 saturated carbocycles. The molecule has 2 aromatic rings. The summed E-state index contributed by atoms with van der Waals surface area (Å²) in [4.78, 5) is 60.6. The van der Waals surface area contributed by atoms with Gasteiger partial charge in [0.15, 0.2) is 0 Å². The summed E-state index contributed by atoms with van der Waals surface area (Å²) in [5.74, 6) is -2.34. The van der Waals surface area contributed by atoms with Crippen LogP contribution in [0, 0.1) is 11.3 Å². The molecule has 1 aliphatic heterocycles. The van der Waals surface area contributed by atoms with Crippen LogP contribution in [0.15, 0.2) is 30.5 Å². The fourth-order valence-corrected chi connectivity index (χ4v) is 7.64. The maximum absolute atomic E-state index is 14.4. The average Bonchev–Trinajstić information content (AvgIpc) is 3.93. The van der Waals surface area contributed by atoms with Gasteiger partial charge in [-0.1, -0.05) is 34.1 Å². The Bertz CT molecular complexity index is 1950. The molecular weight excluding hydrogens is 751 g/mol. The van der Waals surface area contributed by atoms with Crippen LogP contribution in [0.5, 0.6) is 11.6 Å². The molecule has 0 spiro atoms. The van der Waals surface area contributed by atoms with Gasteiger partial charge in [0.2, 0.25) is 23.3 Å². The average molecular weight is 800 g/mol. The third kappa shape index (κ3) is 9.19. The molecule has 0 bridgehead atoms. The van der Waals surface area contributed by atoms with E-state index in [0.717, 1.165) is 10.3 Å². The van der Waals surface area contributed by atoms with Crippen LogP contribution in [0.2, 0.25) is 0 Å². The SMILES string of the molecule is CCC1C[C@]1(NC(=O)[C@@H]1C[C@@H](Oc2nccc3cc(OC)ccc23)CN1C(=O)[C@@H](NC(=O)OC(C)(C)C(F)(F)F)C(C)(C)C)C(=O)NS(=O)(=O)OC1(C)CC1. The zero-order valence-electron chi connectivity index (χ0n) is 32.0. The molecule has 1 aromatic carbocycles. The minimum Gasteiger partial charge on any atom is -0.497 e. The molecule has 3 N–H and O–H groups in total. The van der Waals surface area contributed by atoms with E-state index in [4.69, 9.17) is 18.4 Å². The molecule has 2 heterocycles. The molecule has 1 aromatic heterocycles. The second kappa shape index (κ2) is 14.6. The van der Waals surface area contributed by atoms with Crippen molar-refractivity contribution in [2.75, 3.05) is 13.7 Å². The van der Waals surface area contributed by atoms with Gasteiger partial charge in [0.25, 0.3) is 5.91 Å². The zero-order chi connectivity index (χ0) is 40.9. The number of carbonyl (C=O) groups excluding carboxylic acids is 4. The van der Waals surface area contributed by atoms with Crippen LogP contribution < -0.4 is 24.8 Å². The third-order valence-corrected chi connectivity index (χ3v) is 11.4. The van der Waals surface area contributed by atoms with Crippen molar-refractivity contribution >= 4 is 44.9 Å². The van der Waals surface area contributed by atoms with E-state index in [-0.39, 0.29) is 25.3 Å². The lowest BCUT2D eigenvalue weighted by molar-refractivity contribution is -0.244. The van der Waals surface area contributed by atoms with Gasteiger partial charge in [-0.25, -0.2) is 18.7 Å². The van der Waals surface area contributed by atoms with Crippen LogP contribution in [-0.4, -0.2) is 96.9 Å². The van der Waals surface area contributed by atoms with Gasteiger partial charge in [0.1, 0.15) is 29.5 Å². The maximum atomic E-state index is 14.4. The van der Waals surface area contributed by atoms with Crippen LogP contribution in [0.1, 0.15) is 80.6 Å². The summed E-state index contributed by atoms with van der Waals surface area (Å²) in [6.07, 6.45) is -4.46. The highest BCUT2D eigenvalue weighted by Gasteiger charge is 2.62. The number of ether oxygens (including phenoxy) is 3. The Labute approximate surface area is 317 Å². The summed E-state index contributed by atoms with van der Waals surface area (Å²) >= 11 is 0. The van der Waals surface area contributed by atoms with Crippen molar-refractivity contribution in [3.8, 4) is 11.6 Å². The van der Waals surface area contributed by atoms with E-state index in [9.17, 15) is 40.8 Å². The smallest absolute Gasteiger partial charge is 0.427 e. The number of hydrogen-bond donors (Lipinski definition) is 3. The van der Waals surface area contributed by atoms with Crippen LogP contribution in [0.25, 0.3) is 10.8 Å². The van der Waals surface area contributed by atoms with Crippen molar-refractivity contribution in [1.29, 1.82) is 0 Å². The second-order valence-corrected chi connectivity index (χ2v) is 17.5. The molecule has 2 aliphatic carbocycles. The van der Waals surface area contributed by atoms with E-state index in [0.29, 0.717) is 44.2 Å². The van der Waals surface area contributed by atoms with Gasteiger partial charge < -0.3 is 29.7 Å². The number of alkyl halides is 3. The molecule has 15 nitrogen and oxygen atoms in total. The summed E-state index contributed by atoms with van der Waals surface area (Å²) < 4.78 is 89.5. The Morgan fingerprint density at radius 2 is 1.75 bits per heavy atom. The highest BCUT2D eigenvalue weighted by Crippen LogP contribution is 2.47. The van der Waals surface area contributed by atoms with Crippen LogP contribution >= 0.6 is 0 Å². The first kappa shape index (κ1) is 41.8. The number of methoxy groups -OCH3 is 1. The van der Waals surface area contributed by atoms with Gasteiger partial charge in [-0.05, 0) is 81.0 Å². The first-order valence-electron chi connectivity index (χ1n) is 17.9. The number of benzene rings is 1. The van der Waals surface area contributed by atoms with Gasteiger partial charge in [-0.3, -0.25) is 14.4 Å². The number of hydrogen-bond acceptors (Lipinski definition) is 11. The van der Waals surface area contributed by atoms with Gasteiger partial charge in [-0.15, -0.1) is 0 Å². The zero-order valence-corrected chi connectivity index (χ0v) is 32.8. The Hall–Kier alpha value is -4.39. The van der Waals surface area contributed by atoms with Gasteiger partial charge in [0, 0.05) is 18.0 Å². The van der Waals surface area contributed by atoms with E-state index in [1.54, 1.807) is 58.9 Å². The van der Waals surface area contributed by atoms with E-state index in [2.05, 4.69) is 15.6 Å². The summed E-state index contributed by atoms with van der Waals surface area (Å²) in [6.45, 7) is 9.15. The van der Waals surface area contributed by atoms with Crippen molar-refractivity contribution in [1.82, 2.24) is 25.2 Å². The fraction of sp³-hybridized carbons (Fsp3) is 0.639. The number of rotatable bonds is 13. The van der Waals surface area contributed by atoms with Crippen molar-refractivity contribution in [3.63, 3.8) is 0 Å². The van der Waals surface area contributed by atoms with Crippen LogP contribution in [0.4, 0.5) is 18.0 Å². The van der Waals surface area contributed by atoms with Gasteiger partial charge in [0.05, 0.1) is 19.3 Å². The second-order valence-electron chi connectivity index (χ2n) is 16.2. The van der Waals surface area contributed by atoms with Crippen LogP contribution in [-0.2, 0) is 33.6 Å². The molecule has 304 valence electrons. The quantitative estimate of drug-likeness (QED) is 0.262. The summed E-state index contributed by atoms with van der Waals surface area (Å²) in [7, 11) is -3.01. The number of amides is 4. The molecule has 3 fully saturated rings. The van der Waals surface area contributed by atoms with Crippen molar-refractivity contribution in [3.05, 3.63) is 30.5 Å². The Morgan fingerprint density at radius 3 is 2.31 bits per heavy atom. The fourth-order valence-electron chi connectivity index (χ4n) is 6.50. The molecule has 19 heteroatoms. The first-order chi connectivity index (χ1) is 25.3. The van der Waals surface area contributed by atoms with Crippen molar-refractivity contribution < 1.29 is 59.2 Å². The molecule has 0 radical (unpaired) electrons. The van der Waals surface area contributed by atoms with E-state index in [1.807, 2.05) is 4.72 Å². The number of likely N-dealkylation sites (tertiary alicyclic amines) is 1. The standard InChI is InChI=1S/C36H48F3N5O10S/c1-9-21-18-35(21,30(47)43-55(49,50)54-34(7)13-14-34)42-27(45)25-17-23(52-28-24-11-10-22(51-8)16-20(24)12-15-40-28)19-44(25)29(46)26(32(2,3)4)41-31(48)53-33(5,6)36(37,38)39/h10-12,15-16,21,23,25-26H,9,13-14,17-19H2,1-8H3,(H,41,48)(H,42,45)(H,43,47)/t21?,23-,25+,26-,35-/m1/s1. The maximum Gasteiger partial charge on any atom is 0.427 e. The number of aromatic nitrogens is 1. The highest BCUT2D eigenvalue weighted by atomic mass is 32.2. The largest absolute Gasteiger partial charge is 0.497 e. The predicted molar refractivity (Wildman–Crippen MR) is 191 cm³/mol. The normalized spacial score (nSPS) is 24.1. The number of nitrogens with one attached hydrogen (secondary N) is 3. The Balaban J connectivity index is 1.44. The molecule has 55 heavy (non-hydrogen) atoms. The minimum atomic E-state index is -4.92. The first-order valence-corrected chi connectivity index (χ1v) is 19.3. The molecule has 3 aliphatic rings. The summed E-state index contributed by atoms with van der Waals surface area (Å²) in [5.41, 5.74) is -6.58. The Morgan fingerprint density at radius 1 is 1.07 bits per heavy atom. The molecular formula is C36H48F3N5O10S. The van der Waals surface area contributed by atoms with E-state index in [1.165, 1.54) is 13.3 Å². The summed E-state index contributed by atoms with van der Waals surface area (Å²) in [6, 6.07) is 4.09. The predicted octanol–water partition coefficient (Wildman–Crippen LogP) is 4.29. The molecule has 1 unspecified atom stereocenters. The summed E-state index contributed by atoms with van der Waals surface area (Å²) in [5, 5.41) is 6.30. The number of carbonyl (C=O) groups is 4. The lowest BCUT2D eigenvalue weighted by Gasteiger charge is -2.36. The molecule has 4 amide bonds. The third-order valence-electron chi connectivity index (χ3n) is 10.3. The van der Waals surface area contributed by atoms with E-state index >= 15 is 0 Å². The van der Waals surface area contributed by atoms with Gasteiger partial charge in [-0.2, -0.15) is 21.6 Å². The number of pyridine rings is 1. The van der Waals surface area contributed by atoms with E-state index < -0.39 is 86.6 Å². The number of nitrogens with zero attached hydrogens (tertiary/aromatic N) is 2. The number of alkyl carbamates (subject to hydrolysis) is 1. The molecule has 5 atom stereocenters. The van der Waals surface area contributed by atoms with Crippen molar-refractivity contribution in [2.45, 2.75) is 122 Å². The van der Waals surface area contributed by atoms with Crippen molar-refractivity contribution in [2.24, 2.45) is 11.3 Å². The number of fused-ring (bicyclic) bond motifs is 1. The topological polar surface area (TPSA) is 192 Å². The Kier molecular flexibility index (Phi) is 11.1. The lowest BCUT2D eigenvalue weighted by atomic mass is 9.85. The number of halogens is 3. The molecule has 5 rings (SSSR count).